The molecule has 1 atom stereocenters. The van der Waals surface area contributed by atoms with Gasteiger partial charge in [-0.1, -0.05) is 36.4 Å². The zero-order valence-electron chi connectivity index (χ0n) is 22.3. The van der Waals surface area contributed by atoms with Crippen molar-refractivity contribution in [2.24, 2.45) is 0 Å². The standard InChI is InChI=1S/C27H38N4O6S.ClH/c1-38(35,36)19-18-31(16-6-5-11-23-13-12-22-10-7-15-28-25(22)29-23)17-14-24(26(32)33)30-27(34)37-20-21-8-3-2-4-9-21;/h2-4,8-9,12-13,24H,5-7,10-11,14-20H2,1H3,(H,28,29)(H,30,34)(H,32,33);1H. The summed E-state index contributed by atoms with van der Waals surface area (Å²) < 4.78 is 28.6. The van der Waals surface area contributed by atoms with Crippen LogP contribution in [0, 0.1) is 0 Å². The van der Waals surface area contributed by atoms with E-state index < -0.39 is 27.9 Å². The molecular weight excluding hydrogens is 544 g/mol. The highest BCUT2D eigenvalue weighted by Crippen LogP contribution is 2.20. The van der Waals surface area contributed by atoms with E-state index in [0.717, 1.165) is 55.7 Å². The number of unbranched alkanes of at least 4 members (excludes halogenated alkanes) is 1. The molecule has 0 saturated carbocycles. The van der Waals surface area contributed by atoms with E-state index in [1.807, 2.05) is 23.1 Å². The second kappa shape index (κ2) is 16.3. The molecule has 2 heterocycles. The molecule has 1 aliphatic heterocycles. The van der Waals surface area contributed by atoms with Gasteiger partial charge in [0.15, 0.2) is 0 Å². The highest BCUT2D eigenvalue weighted by molar-refractivity contribution is 7.90. The highest BCUT2D eigenvalue weighted by atomic mass is 35.5. The third-order valence-corrected chi connectivity index (χ3v) is 7.35. The second-order valence-electron chi connectivity index (χ2n) is 9.65. The molecule has 1 unspecified atom stereocenters. The van der Waals surface area contributed by atoms with E-state index >= 15 is 0 Å². The number of carboxylic acids is 1. The molecule has 10 nitrogen and oxygen atoms in total. The van der Waals surface area contributed by atoms with Gasteiger partial charge in [-0.05, 0) is 62.3 Å². The summed E-state index contributed by atoms with van der Waals surface area (Å²) in [7, 11) is -3.17. The van der Waals surface area contributed by atoms with Gasteiger partial charge in [0, 0.05) is 31.6 Å². The SMILES string of the molecule is CS(=O)(=O)CCN(CCCCc1ccc2c(n1)NCCC2)CCC(NC(=O)OCc1ccccc1)C(=O)O.Cl. The fraction of sp³-hybridized carbons (Fsp3) is 0.519. The number of carboxylic acid groups (broad SMARTS) is 1. The smallest absolute Gasteiger partial charge is 0.408 e. The number of hydrogen-bond acceptors (Lipinski definition) is 8. The number of alkyl carbamates (subject to hydrolysis) is 1. The molecule has 0 radical (unpaired) electrons. The van der Waals surface area contributed by atoms with Gasteiger partial charge in [0.05, 0.1) is 5.75 Å². The minimum Gasteiger partial charge on any atom is -0.480 e. The monoisotopic (exact) mass is 582 g/mol. The van der Waals surface area contributed by atoms with Crippen LogP contribution >= 0.6 is 12.4 Å². The Morgan fingerprint density at radius 1 is 1.13 bits per heavy atom. The zero-order chi connectivity index (χ0) is 27.4. The number of amides is 1. The number of halogens is 1. The van der Waals surface area contributed by atoms with Crippen LogP contribution < -0.4 is 10.6 Å². The summed E-state index contributed by atoms with van der Waals surface area (Å²) in [5.41, 5.74) is 3.06. The Balaban J connectivity index is 0.00000533. The number of carbonyl (C=O) groups is 2. The number of hydrogen-bond donors (Lipinski definition) is 3. The molecule has 0 fully saturated rings. The molecule has 0 bridgehead atoms. The Bertz CT molecular complexity index is 1170. The summed E-state index contributed by atoms with van der Waals surface area (Å²) in [5.74, 6) is -0.218. The zero-order valence-corrected chi connectivity index (χ0v) is 23.9. The number of fused-ring (bicyclic) bond motifs is 1. The van der Waals surface area contributed by atoms with Crippen molar-refractivity contribution in [3.05, 3.63) is 59.3 Å². The first kappa shape index (κ1) is 32.3. The van der Waals surface area contributed by atoms with Crippen molar-refractivity contribution < 1.29 is 27.9 Å². The summed E-state index contributed by atoms with van der Waals surface area (Å²) in [6.45, 7) is 2.21. The molecule has 0 aliphatic carbocycles. The average molecular weight is 583 g/mol. The Morgan fingerprint density at radius 2 is 1.90 bits per heavy atom. The predicted octanol–water partition coefficient (Wildman–Crippen LogP) is 3.30. The average Bonchev–Trinajstić information content (AvgIpc) is 2.90. The minimum atomic E-state index is -3.17. The van der Waals surface area contributed by atoms with Crippen LogP contribution in [0.25, 0.3) is 0 Å². The summed E-state index contributed by atoms with van der Waals surface area (Å²) in [4.78, 5) is 30.6. The number of carbonyl (C=O) groups excluding carboxylic acids is 1. The van der Waals surface area contributed by atoms with E-state index in [4.69, 9.17) is 9.72 Å². The first-order valence-electron chi connectivity index (χ1n) is 13.0. The molecule has 0 spiro atoms. The van der Waals surface area contributed by atoms with Crippen LogP contribution in [0.2, 0.25) is 0 Å². The number of pyridine rings is 1. The lowest BCUT2D eigenvalue weighted by molar-refractivity contribution is -0.139. The lowest BCUT2D eigenvalue weighted by atomic mass is 10.1. The van der Waals surface area contributed by atoms with Gasteiger partial charge in [0.1, 0.15) is 28.3 Å². The maximum atomic E-state index is 12.2. The molecule has 39 heavy (non-hydrogen) atoms. The molecule has 1 amide bonds. The van der Waals surface area contributed by atoms with Crippen molar-refractivity contribution in [3.8, 4) is 0 Å². The number of aliphatic carboxylic acids is 1. The molecule has 1 aromatic carbocycles. The van der Waals surface area contributed by atoms with Gasteiger partial charge in [-0.2, -0.15) is 0 Å². The third kappa shape index (κ3) is 12.2. The minimum absolute atomic E-state index is 0. The van der Waals surface area contributed by atoms with Gasteiger partial charge in [-0.3, -0.25) is 0 Å². The Morgan fingerprint density at radius 3 is 2.62 bits per heavy atom. The molecule has 216 valence electrons. The number of nitrogens with one attached hydrogen (secondary N) is 2. The number of aryl methyl sites for hydroxylation is 2. The van der Waals surface area contributed by atoms with Gasteiger partial charge in [-0.15, -0.1) is 12.4 Å². The number of benzene rings is 1. The van der Waals surface area contributed by atoms with Gasteiger partial charge in [-0.25, -0.2) is 23.0 Å². The first-order valence-corrected chi connectivity index (χ1v) is 15.1. The summed E-state index contributed by atoms with van der Waals surface area (Å²) >= 11 is 0. The first-order chi connectivity index (χ1) is 18.2. The van der Waals surface area contributed by atoms with Crippen molar-refractivity contribution in [3.63, 3.8) is 0 Å². The maximum Gasteiger partial charge on any atom is 0.408 e. The van der Waals surface area contributed by atoms with Crippen LogP contribution in [0.5, 0.6) is 0 Å². The van der Waals surface area contributed by atoms with E-state index in [0.29, 0.717) is 19.6 Å². The van der Waals surface area contributed by atoms with Crippen molar-refractivity contribution in [2.45, 2.75) is 51.2 Å². The second-order valence-corrected chi connectivity index (χ2v) is 11.9. The van der Waals surface area contributed by atoms with E-state index in [9.17, 15) is 23.1 Å². The van der Waals surface area contributed by atoms with E-state index in [1.165, 1.54) is 11.8 Å². The van der Waals surface area contributed by atoms with Crippen molar-refractivity contribution in [2.75, 3.05) is 43.5 Å². The fourth-order valence-electron chi connectivity index (χ4n) is 4.26. The van der Waals surface area contributed by atoms with E-state index in [-0.39, 0.29) is 31.2 Å². The van der Waals surface area contributed by atoms with Crippen molar-refractivity contribution in [1.29, 1.82) is 0 Å². The lowest BCUT2D eigenvalue weighted by Gasteiger charge is -2.24. The highest BCUT2D eigenvalue weighted by Gasteiger charge is 2.22. The van der Waals surface area contributed by atoms with Crippen LogP contribution in [0.3, 0.4) is 0 Å². The van der Waals surface area contributed by atoms with Crippen molar-refractivity contribution in [1.82, 2.24) is 15.2 Å². The molecule has 2 aromatic rings. The number of ether oxygens (including phenoxy) is 1. The number of sulfone groups is 1. The maximum absolute atomic E-state index is 12.2. The van der Waals surface area contributed by atoms with E-state index in [1.54, 1.807) is 12.1 Å². The van der Waals surface area contributed by atoms with Gasteiger partial charge in [0.2, 0.25) is 0 Å². The predicted molar refractivity (Wildman–Crippen MR) is 153 cm³/mol. The summed E-state index contributed by atoms with van der Waals surface area (Å²) in [6.07, 6.45) is 5.14. The molecule has 3 N–H and O–H groups in total. The Labute approximate surface area is 236 Å². The van der Waals surface area contributed by atoms with Gasteiger partial charge >= 0.3 is 12.1 Å². The summed E-state index contributed by atoms with van der Waals surface area (Å²) in [5, 5.41) is 15.4. The molecule has 1 aromatic heterocycles. The van der Waals surface area contributed by atoms with Crippen LogP contribution in [-0.2, 0) is 38.8 Å². The Hall–Kier alpha value is -2.89. The topological polar surface area (TPSA) is 138 Å². The third-order valence-electron chi connectivity index (χ3n) is 6.42. The van der Waals surface area contributed by atoms with Crippen LogP contribution in [-0.4, -0.2) is 79.7 Å². The van der Waals surface area contributed by atoms with Gasteiger partial charge < -0.3 is 25.4 Å². The van der Waals surface area contributed by atoms with Crippen LogP contribution in [0.15, 0.2) is 42.5 Å². The normalized spacial score (nSPS) is 13.5. The largest absolute Gasteiger partial charge is 0.480 e. The molecule has 1 aliphatic rings. The number of anilines is 1. The molecular formula is C27H39ClN4O6S. The van der Waals surface area contributed by atoms with Crippen LogP contribution in [0.1, 0.15) is 42.5 Å². The van der Waals surface area contributed by atoms with E-state index in [2.05, 4.69) is 22.8 Å². The Kier molecular flexibility index (Phi) is 13.5. The molecule has 3 rings (SSSR count). The molecule has 12 heteroatoms. The number of rotatable bonds is 15. The summed E-state index contributed by atoms with van der Waals surface area (Å²) in [6, 6.07) is 12.2. The fourth-order valence-corrected chi connectivity index (χ4v) is 4.85. The quantitative estimate of drug-likeness (QED) is 0.270. The van der Waals surface area contributed by atoms with Crippen molar-refractivity contribution >= 4 is 40.1 Å². The number of aromatic nitrogens is 1. The lowest BCUT2D eigenvalue weighted by Crippen LogP contribution is -2.44. The molecule has 0 saturated heterocycles. The van der Waals surface area contributed by atoms with Gasteiger partial charge in [0.25, 0.3) is 0 Å². The van der Waals surface area contributed by atoms with Crippen LogP contribution in [0.4, 0.5) is 10.6 Å². The number of nitrogens with zero attached hydrogens (tertiary/aromatic N) is 2.